The molecule has 3 heteroatoms. The minimum absolute atomic E-state index is 0. The summed E-state index contributed by atoms with van der Waals surface area (Å²) in [6.45, 7) is 3.48. The van der Waals surface area contributed by atoms with Gasteiger partial charge in [0.1, 0.15) is 0 Å². The predicted molar refractivity (Wildman–Crippen MR) is 32.6 cm³/mol. The number of nitrogens with zero attached hydrogens (tertiary/aromatic N) is 1. The van der Waals surface area contributed by atoms with Gasteiger partial charge in [-0.3, -0.25) is 0 Å². The zero-order valence-corrected chi connectivity index (χ0v) is 8.35. The molecule has 0 aliphatic carbocycles. The molecule has 50 valence electrons. The quantitative estimate of drug-likeness (QED) is 0.309. The van der Waals surface area contributed by atoms with Crippen LogP contribution < -0.4 is 0 Å². The normalized spacial score (nSPS) is 4.44. The maximum Gasteiger partial charge on any atom is 0 e. The maximum absolute atomic E-state index is 9.30. The van der Waals surface area contributed by atoms with Gasteiger partial charge < -0.3 is 9.79 Å². The zero-order valence-electron chi connectivity index (χ0n) is 5.42. The second-order valence-electron chi connectivity index (χ2n) is 1.15. The molecule has 0 aromatic carbocycles. The van der Waals surface area contributed by atoms with E-state index in [0.29, 0.717) is 0 Å². The second-order valence-corrected chi connectivity index (χ2v) is 1.15. The molecule has 0 aromatic rings. The van der Waals surface area contributed by atoms with Crippen molar-refractivity contribution in [1.82, 2.24) is 0 Å². The van der Waals surface area contributed by atoms with E-state index in [9.17, 15) is 4.79 Å². The molecule has 0 rings (SSSR count). The van der Waals surface area contributed by atoms with Crippen LogP contribution >= 0.6 is 0 Å². The van der Waals surface area contributed by atoms with Crippen molar-refractivity contribution in [3.05, 3.63) is 6.04 Å². The summed E-state index contributed by atoms with van der Waals surface area (Å²) in [4.78, 5) is 12.5. The molecular formula is C6H8NOW-. The van der Waals surface area contributed by atoms with Crippen LogP contribution in [0.3, 0.4) is 0 Å². The monoisotopic (exact) mass is 294 g/mol. The fourth-order valence-electron chi connectivity index (χ4n) is 0.0913. The van der Waals surface area contributed by atoms with Crippen molar-refractivity contribution in [2.45, 2.75) is 13.8 Å². The van der Waals surface area contributed by atoms with Crippen molar-refractivity contribution in [3.8, 4) is 12.8 Å². The fraction of sp³-hybridized carbons (Fsp3) is 0.333. The minimum atomic E-state index is 0. The van der Waals surface area contributed by atoms with Gasteiger partial charge >= 0.3 is 0 Å². The van der Waals surface area contributed by atoms with Gasteiger partial charge in [0.15, 0.2) is 0 Å². The van der Waals surface area contributed by atoms with Crippen LogP contribution in [-0.4, -0.2) is 6.08 Å². The predicted octanol–water partition coefficient (Wildman–Crippen LogP) is 1.14. The third-order valence-corrected chi connectivity index (χ3v) is 0.269. The fourth-order valence-corrected chi connectivity index (χ4v) is 0.0913. The molecule has 0 radical (unpaired) electrons. The smallest absolute Gasteiger partial charge is 0 e. The van der Waals surface area contributed by atoms with E-state index in [1.807, 2.05) is 0 Å². The van der Waals surface area contributed by atoms with Crippen molar-refractivity contribution in [2.24, 2.45) is 4.99 Å². The third-order valence-electron chi connectivity index (χ3n) is 0.269. The molecule has 0 heterocycles. The third kappa shape index (κ3) is 36.3. The molecule has 0 bridgehead atoms. The molecule has 0 amide bonds. The maximum atomic E-state index is 9.30. The zero-order chi connectivity index (χ0) is 6.99. The number of terminal acetylenes is 1. The Bertz CT molecular complexity index is 103. The molecular weight excluding hydrogens is 286 g/mol. The standard InChI is InChI=1S/C4H6NO.C2H2.W/c1-4(2)5-3-6;1-2;/h1-2H3;1-2H;/q-1;;. The van der Waals surface area contributed by atoms with E-state index in [2.05, 4.69) is 17.8 Å². The van der Waals surface area contributed by atoms with E-state index < -0.39 is 0 Å². The first-order valence-electron chi connectivity index (χ1n) is 1.98. The molecule has 0 aliphatic rings. The SMILES string of the molecule is C#C.C[C-](C)N=C=O.[W]. The number of aliphatic imine (C=N–C) groups is 1. The van der Waals surface area contributed by atoms with E-state index in [1.54, 1.807) is 13.8 Å². The van der Waals surface area contributed by atoms with Gasteiger partial charge in [0.25, 0.3) is 0 Å². The largest absolute Gasteiger partial charge is 0.383 e. The Morgan fingerprint density at radius 3 is 1.78 bits per heavy atom. The van der Waals surface area contributed by atoms with Gasteiger partial charge in [0.05, 0.1) is 0 Å². The number of carbonyl (C=O) groups excluding carboxylic acids is 1. The van der Waals surface area contributed by atoms with E-state index in [-0.39, 0.29) is 21.1 Å². The number of hydrogen-bond acceptors (Lipinski definition) is 2. The summed E-state index contributed by atoms with van der Waals surface area (Å²) in [7, 11) is 0. The van der Waals surface area contributed by atoms with Crippen molar-refractivity contribution in [1.29, 1.82) is 0 Å². The summed E-state index contributed by atoms with van der Waals surface area (Å²) in [6, 6.07) is 0.741. The molecule has 0 atom stereocenters. The minimum Gasteiger partial charge on any atom is -0.383 e. The Labute approximate surface area is 70.0 Å². The van der Waals surface area contributed by atoms with Gasteiger partial charge in [-0.05, 0) is 6.08 Å². The average Bonchev–Trinajstić information content (AvgIpc) is 1.72. The van der Waals surface area contributed by atoms with Gasteiger partial charge in [-0.1, -0.05) is 13.8 Å². The molecule has 0 saturated heterocycles. The second kappa shape index (κ2) is 15.6. The Morgan fingerprint density at radius 1 is 1.44 bits per heavy atom. The Kier molecular flexibility index (Phi) is 27.5. The molecule has 0 unspecified atom stereocenters. The van der Waals surface area contributed by atoms with E-state index in [0.717, 1.165) is 6.04 Å². The van der Waals surface area contributed by atoms with Crippen molar-refractivity contribution in [3.63, 3.8) is 0 Å². The molecule has 0 aliphatic heterocycles. The van der Waals surface area contributed by atoms with Crippen LogP contribution in [0, 0.1) is 18.9 Å². The first kappa shape index (κ1) is 15.8. The Morgan fingerprint density at radius 2 is 1.78 bits per heavy atom. The Balaban J connectivity index is -0.000000109. The van der Waals surface area contributed by atoms with E-state index in [1.165, 1.54) is 6.08 Å². The van der Waals surface area contributed by atoms with Gasteiger partial charge in [0.2, 0.25) is 0 Å². The van der Waals surface area contributed by atoms with Gasteiger partial charge in [0, 0.05) is 21.1 Å². The van der Waals surface area contributed by atoms with Crippen molar-refractivity contribution >= 4 is 6.08 Å². The van der Waals surface area contributed by atoms with Crippen molar-refractivity contribution in [2.75, 3.05) is 0 Å². The summed E-state index contributed by atoms with van der Waals surface area (Å²) >= 11 is 0. The molecule has 2 nitrogen and oxygen atoms in total. The van der Waals surface area contributed by atoms with Gasteiger partial charge in [-0.15, -0.1) is 18.9 Å². The summed E-state index contributed by atoms with van der Waals surface area (Å²) in [5.74, 6) is 0. The summed E-state index contributed by atoms with van der Waals surface area (Å²) in [5, 5.41) is 0. The number of hydrogen-bond donors (Lipinski definition) is 0. The van der Waals surface area contributed by atoms with Crippen LogP contribution in [-0.2, 0) is 25.9 Å². The van der Waals surface area contributed by atoms with Crippen LogP contribution in [0.2, 0.25) is 0 Å². The molecule has 0 N–H and O–H groups in total. The van der Waals surface area contributed by atoms with Crippen LogP contribution in [0.25, 0.3) is 0 Å². The molecule has 9 heavy (non-hydrogen) atoms. The Hall–Kier alpha value is -0.502. The van der Waals surface area contributed by atoms with Crippen molar-refractivity contribution < 1.29 is 25.9 Å². The van der Waals surface area contributed by atoms with E-state index in [4.69, 9.17) is 0 Å². The summed E-state index contributed by atoms with van der Waals surface area (Å²) in [5.41, 5.74) is 0. The van der Waals surface area contributed by atoms with Crippen LogP contribution in [0.15, 0.2) is 4.99 Å². The van der Waals surface area contributed by atoms with Gasteiger partial charge in [-0.2, -0.15) is 0 Å². The van der Waals surface area contributed by atoms with Crippen LogP contribution in [0.4, 0.5) is 0 Å². The number of isocyanates is 1. The first-order valence-corrected chi connectivity index (χ1v) is 1.98. The first-order chi connectivity index (χ1) is 3.77. The molecule has 0 saturated carbocycles. The number of rotatable bonds is 1. The summed E-state index contributed by atoms with van der Waals surface area (Å²) in [6.07, 6.45) is 9.41. The van der Waals surface area contributed by atoms with Gasteiger partial charge in [-0.25, -0.2) is 0 Å². The molecule has 0 fully saturated rings. The van der Waals surface area contributed by atoms with Crippen LogP contribution in [0.1, 0.15) is 13.8 Å². The topological polar surface area (TPSA) is 29.4 Å². The molecule has 0 aromatic heterocycles. The molecule has 0 spiro atoms. The van der Waals surface area contributed by atoms with E-state index >= 15 is 0 Å². The van der Waals surface area contributed by atoms with Crippen LogP contribution in [0.5, 0.6) is 0 Å². The average molecular weight is 294 g/mol. The summed E-state index contributed by atoms with van der Waals surface area (Å²) < 4.78 is 0.